The summed E-state index contributed by atoms with van der Waals surface area (Å²) >= 11 is 1.44. The van der Waals surface area contributed by atoms with Crippen molar-refractivity contribution in [1.29, 1.82) is 0 Å². The number of halogens is 1. The molecule has 0 aliphatic carbocycles. The molecule has 1 unspecified atom stereocenters. The van der Waals surface area contributed by atoms with Crippen LogP contribution in [-0.2, 0) is 0 Å². The second-order valence-electron chi connectivity index (χ2n) is 4.77. The number of hydrogen-bond acceptors (Lipinski definition) is 4. The van der Waals surface area contributed by atoms with Crippen LogP contribution in [0.3, 0.4) is 0 Å². The fourth-order valence-corrected chi connectivity index (χ4v) is 3.49. The Balaban J connectivity index is 2.03. The van der Waals surface area contributed by atoms with Crippen molar-refractivity contribution in [2.75, 3.05) is 18.8 Å². The lowest BCUT2D eigenvalue weighted by Gasteiger charge is -2.27. The van der Waals surface area contributed by atoms with E-state index in [2.05, 4.69) is 9.88 Å². The highest BCUT2D eigenvalue weighted by atomic mass is 32.1. The van der Waals surface area contributed by atoms with Gasteiger partial charge in [0.15, 0.2) is 5.13 Å². The summed E-state index contributed by atoms with van der Waals surface area (Å²) < 4.78 is 14.1. The van der Waals surface area contributed by atoms with Crippen LogP contribution in [0, 0.1) is 5.82 Å². The van der Waals surface area contributed by atoms with Crippen LogP contribution in [-0.4, -0.2) is 23.0 Å². The van der Waals surface area contributed by atoms with E-state index in [9.17, 15) is 4.39 Å². The molecule has 2 aromatic rings. The van der Waals surface area contributed by atoms with Gasteiger partial charge in [-0.3, -0.25) is 4.90 Å². The minimum Gasteiger partial charge on any atom is -0.375 e. The summed E-state index contributed by atoms with van der Waals surface area (Å²) in [5.41, 5.74) is 6.44. The lowest BCUT2D eigenvalue weighted by atomic mass is 10.0. The van der Waals surface area contributed by atoms with Gasteiger partial charge < -0.3 is 5.73 Å². The molecule has 1 aromatic carbocycles. The van der Waals surface area contributed by atoms with Crippen molar-refractivity contribution in [2.24, 2.45) is 0 Å². The second-order valence-corrected chi connectivity index (χ2v) is 5.86. The molecule has 0 radical (unpaired) electrons. The van der Waals surface area contributed by atoms with E-state index in [4.69, 9.17) is 5.73 Å². The summed E-state index contributed by atoms with van der Waals surface area (Å²) in [4.78, 5) is 7.44. The Morgan fingerprint density at radius 2 is 2.00 bits per heavy atom. The molecule has 1 aromatic heterocycles. The third-order valence-electron chi connectivity index (χ3n) is 3.52. The molecule has 0 spiro atoms. The lowest BCUT2D eigenvalue weighted by Crippen LogP contribution is -2.26. The van der Waals surface area contributed by atoms with Crippen molar-refractivity contribution in [3.05, 3.63) is 46.7 Å². The van der Waals surface area contributed by atoms with Crippen LogP contribution in [0.5, 0.6) is 0 Å². The van der Waals surface area contributed by atoms with Crippen molar-refractivity contribution in [2.45, 2.75) is 18.9 Å². The molecular weight excluding hydrogens is 261 g/mol. The molecule has 1 fully saturated rings. The molecule has 5 heteroatoms. The molecule has 0 saturated carbocycles. The largest absolute Gasteiger partial charge is 0.375 e. The van der Waals surface area contributed by atoms with Gasteiger partial charge in [-0.25, -0.2) is 9.37 Å². The van der Waals surface area contributed by atoms with E-state index in [1.165, 1.54) is 30.2 Å². The summed E-state index contributed by atoms with van der Waals surface area (Å²) in [6, 6.07) is 6.92. The normalized spacial score (nSPS) is 17.7. The van der Waals surface area contributed by atoms with Crippen molar-refractivity contribution >= 4 is 16.5 Å². The molecule has 19 heavy (non-hydrogen) atoms. The number of rotatable bonds is 3. The average Bonchev–Trinajstić information content (AvgIpc) is 3.05. The van der Waals surface area contributed by atoms with Gasteiger partial charge >= 0.3 is 0 Å². The molecule has 0 amide bonds. The molecule has 2 heterocycles. The van der Waals surface area contributed by atoms with E-state index in [1.54, 1.807) is 12.3 Å². The van der Waals surface area contributed by atoms with Gasteiger partial charge in [0.25, 0.3) is 0 Å². The third kappa shape index (κ3) is 2.48. The summed E-state index contributed by atoms with van der Waals surface area (Å²) in [5, 5.41) is 0.538. The first-order chi connectivity index (χ1) is 9.25. The van der Waals surface area contributed by atoms with Crippen LogP contribution in [0.1, 0.15) is 29.3 Å². The third-order valence-corrected chi connectivity index (χ3v) is 4.40. The van der Waals surface area contributed by atoms with E-state index in [0.29, 0.717) is 10.7 Å². The number of aromatic nitrogens is 1. The Morgan fingerprint density at radius 3 is 2.63 bits per heavy atom. The van der Waals surface area contributed by atoms with Gasteiger partial charge in [0.1, 0.15) is 5.82 Å². The Hall–Kier alpha value is -1.46. The Kier molecular flexibility index (Phi) is 3.48. The van der Waals surface area contributed by atoms with E-state index in [-0.39, 0.29) is 11.9 Å². The van der Waals surface area contributed by atoms with Gasteiger partial charge in [0.2, 0.25) is 0 Å². The van der Waals surface area contributed by atoms with E-state index in [0.717, 1.165) is 18.0 Å². The molecule has 3 rings (SSSR count). The quantitative estimate of drug-likeness (QED) is 0.937. The minimum atomic E-state index is -0.161. The van der Waals surface area contributed by atoms with Gasteiger partial charge in [-0.15, -0.1) is 11.3 Å². The van der Waals surface area contributed by atoms with Crippen LogP contribution in [0.4, 0.5) is 9.52 Å². The number of likely N-dealkylation sites (tertiary alicyclic amines) is 1. The van der Waals surface area contributed by atoms with E-state index < -0.39 is 0 Å². The highest BCUT2D eigenvalue weighted by Crippen LogP contribution is 2.36. The topological polar surface area (TPSA) is 42.1 Å². The maximum absolute atomic E-state index is 14.1. The monoisotopic (exact) mass is 277 g/mol. The van der Waals surface area contributed by atoms with Gasteiger partial charge in [0.05, 0.1) is 6.04 Å². The number of hydrogen-bond donors (Lipinski definition) is 1. The van der Waals surface area contributed by atoms with Crippen LogP contribution < -0.4 is 5.73 Å². The van der Waals surface area contributed by atoms with Crippen LogP contribution in [0.25, 0.3) is 0 Å². The first-order valence-electron chi connectivity index (χ1n) is 6.45. The maximum Gasteiger partial charge on any atom is 0.180 e. The predicted octanol–water partition coefficient (Wildman–Crippen LogP) is 3.05. The van der Waals surface area contributed by atoms with Crippen molar-refractivity contribution < 1.29 is 4.39 Å². The van der Waals surface area contributed by atoms with Crippen LogP contribution >= 0.6 is 11.3 Å². The smallest absolute Gasteiger partial charge is 0.180 e. The van der Waals surface area contributed by atoms with Crippen molar-refractivity contribution in [3.8, 4) is 0 Å². The van der Waals surface area contributed by atoms with E-state index in [1.807, 2.05) is 12.1 Å². The lowest BCUT2D eigenvalue weighted by molar-refractivity contribution is 0.278. The zero-order valence-electron chi connectivity index (χ0n) is 10.6. The number of thiazole rings is 1. The van der Waals surface area contributed by atoms with Gasteiger partial charge in [-0.05, 0) is 32.0 Å². The van der Waals surface area contributed by atoms with Gasteiger partial charge in [0, 0.05) is 16.6 Å². The average molecular weight is 277 g/mol. The van der Waals surface area contributed by atoms with Crippen molar-refractivity contribution in [1.82, 2.24) is 9.88 Å². The molecular formula is C14H16FN3S. The van der Waals surface area contributed by atoms with Gasteiger partial charge in [-0.2, -0.15) is 0 Å². The molecule has 0 bridgehead atoms. The molecule has 1 aliphatic heterocycles. The highest BCUT2D eigenvalue weighted by Gasteiger charge is 2.28. The van der Waals surface area contributed by atoms with E-state index >= 15 is 0 Å². The maximum atomic E-state index is 14.1. The first-order valence-corrected chi connectivity index (χ1v) is 7.27. The summed E-state index contributed by atoms with van der Waals surface area (Å²) in [6.07, 6.45) is 4.11. The molecule has 1 atom stereocenters. The first kappa shape index (κ1) is 12.6. The fourth-order valence-electron chi connectivity index (χ4n) is 2.65. The second kappa shape index (κ2) is 5.27. The molecule has 3 nitrogen and oxygen atoms in total. The Morgan fingerprint density at radius 1 is 1.26 bits per heavy atom. The zero-order valence-corrected chi connectivity index (χ0v) is 11.4. The fraction of sp³-hybridized carbons (Fsp3) is 0.357. The predicted molar refractivity (Wildman–Crippen MR) is 75.6 cm³/mol. The minimum absolute atomic E-state index is 0.0569. The zero-order chi connectivity index (χ0) is 13.2. The molecule has 1 aliphatic rings. The Labute approximate surface area is 115 Å². The molecule has 1 saturated heterocycles. The summed E-state index contributed by atoms with van der Waals surface area (Å²) in [7, 11) is 0. The number of nitrogens with zero attached hydrogens (tertiary/aromatic N) is 2. The van der Waals surface area contributed by atoms with Crippen LogP contribution in [0.15, 0.2) is 30.5 Å². The molecule has 100 valence electrons. The summed E-state index contributed by atoms with van der Waals surface area (Å²) in [6.45, 7) is 1.99. The number of benzene rings is 1. The highest BCUT2D eigenvalue weighted by molar-refractivity contribution is 7.15. The standard InChI is InChI=1S/C14H16FN3S/c15-11-6-2-1-5-10(11)13(18-7-3-4-8-18)12-9-17-14(16)19-12/h1-2,5-6,9,13H,3-4,7-8H2,(H2,16,17). The van der Waals surface area contributed by atoms with Gasteiger partial charge in [-0.1, -0.05) is 18.2 Å². The van der Waals surface area contributed by atoms with Crippen LogP contribution in [0.2, 0.25) is 0 Å². The number of nitrogens with two attached hydrogens (primary N) is 1. The Bertz CT molecular complexity index is 563. The number of nitrogen functional groups attached to an aromatic ring is 1. The SMILES string of the molecule is Nc1ncc(C(c2ccccc2F)N2CCCC2)s1. The molecule has 2 N–H and O–H groups in total. The number of anilines is 1. The summed E-state index contributed by atoms with van der Waals surface area (Å²) in [5.74, 6) is -0.161. The van der Waals surface area contributed by atoms with Crippen molar-refractivity contribution in [3.63, 3.8) is 0 Å².